The zero-order valence-corrected chi connectivity index (χ0v) is 14.7. The highest BCUT2D eigenvalue weighted by Crippen LogP contribution is 2.42. The molecule has 1 aliphatic carbocycles. The van der Waals surface area contributed by atoms with Gasteiger partial charge in [0.1, 0.15) is 5.60 Å². The minimum atomic E-state index is -0.486. The van der Waals surface area contributed by atoms with Crippen LogP contribution in [0.3, 0.4) is 0 Å². The van der Waals surface area contributed by atoms with Crippen molar-refractivity contribution in [2.75, 3.05) is 24.7 Å². The first kappa shape index (κ1) is 18.6. The molecule has 1 saturated carbocycles. The van der Waals surface area contributed by atoms with Crippen LogP contribution >= 0.6 is 11.8 Å². The van der Waals surface area contributed by atoms with Gasteiger partial charge in [-0.3, -0.25) is 0 Å². The molecule has 4 nitrogen and oxygen atoms in total. The molecule has 1 unspecified atom stereocenters. The van der Waals surface area contributed by atoms with Crippen LogP contribution in [-0.2, 0) is 4.74 Å². The normalized spacial score (nSPS) is 18.1. The predicted octanol–water partition coefficient (Wildman–Crippen LogP) is 3.43. The molecule has 21 heavy (non-hydrogen) atoms. The van der Waals surface area contributed by atoms with E-state index in [4.69, 9.17) is 4.74 Å². The van der Waals surface area contributed by atoms with Gasteiger partial charge in [-0.1, -0.05) is 19.8 Å². The molecule has 1 amide bonds. The Bertz CT molecular complexity index is 326. The van der Waals surface area contributed by atoms with Gasteiger partial charge in [-0.25, -0.2) is 4.79 Å². The van der Waals surface area contributed by atoms with Crippen molar-refractivity contribution >= 4 is 17.9 Å². The van der Waals surface area contributed by atoms with Crippen molar-refractivity contribution in [3.63, 3.8) is 0 Å². The number of ether oxygens (including phenoxy) is 1. The number of hydrogen-bond acceptors (Lipinski definition) is 4. The van der Waals surface area contributed by atoms with E-state index in [0.717, 1.165) is 30.3 Å². The molecule has 1 fully saturated rings. The molecule has 0 radical (unpaired) electrons. The Morgan fingerprint density at radius 1 is 1.38 bits per heavy atom. The summed E-state index contributed by atoms with van der Waals surface area (Å²) in [7, 11) is 0. The summed E-state index contributed by atoms with van der Waals surface area (Å²) in [4.78, 5) is 11.8. The van der Waals surface area contributed by atoms with E-state index >= 15 is 0 Å². The Morgan fingerprint density at radius 2 is 2.05 bits per heavy atom. The lowest BCUT2D eigenvalue weighted by atomic mass is 9.80. The van der Waals surface area contributed by atoms with Crippen LogP contribution in [0, 0.1) is 11.3 Å². The molecule has 124 valence electrons. The minimum absolute atomic E-state index is 0.129. The summed E-state index contributed by atoms with van der Waals surface area (Å²) < 4.78 is 5.29. The molecule has 0 aliphatic heterocycles. The maximum atomic E-state index is 11.8. The summed E-state index contributed by atoms with van der Waals surface area (Å²) in [6, 6.07) is 0. The predicted molar refractivity (Wildman–Crippen MR) is 88.7 cm³/mol. The van der Waals surface area contributed by atoms with Gasteiger partial charge in [-0.05, 0) is 51.0 Å². The molecule has 0 spiro atoms. The first-order chi connectivity index (χ1) is 9.80. The van der Waals surface area contributed by atoms with Crippen molar-refractivity contribution in [1.82, 2.24) is 5.32 Å². The number of hydrogen-bond donors (Lipinski definition) is 2. The van der Waals surface area contributed by atoms with Gasteiger partial charge in [0.2, 0.25) is 0 Å². The Hall–Kier alpha value is -0.420. The standard InChI is InChI=1S/C16H31NO3S/c1-5-21-9-8-16(12-18,10-13-6-7-13)11-17-14(19)20-15(2,3)4/h13,18H,5-12H2,1-4H3,(H,17,19). The van der Waals surface area contributed by atoms with Crippen molar-refractivity contribution in [2.24, 2.45) is 11.3 Å². The monoisotopic (exact) mass is 317 g/mol. The number of amides is 1. The van der Waals surface area contributed by atoms with E-state index in [1.165, 1.54) is 12.8 Å². The van der Waals surface area contributed by atoms with Crippen molar-refractivity contribution in [3.8, 4) is 0 Å². The number of aliphatic hydroxyl groups is 1. The summed E-state index contributed by atoms with van der Waals surface area (Å²) in [6.07, 6.45) is 4.07. The third-order valence-electron chi connectivity index (χ3n) is 3.74. The van der Waals surface area contributed by atoms with E-state index in [9.17, 15) is 9.90 Å². The molecular formula is C16H31NO3S. The van der Waals surface area contributed by atoms with Crippen molar-refractivity contribution in [3.05, 3.63) is 0 Å². The van der Waals surface area contributed by atoms with E-state index in [1.807, 2.05) is 32.5 Å². The molecule has 2 N–H and O–H groups in total. The Labute approximate surface area is 133 Å². The van der Waals surface area contributed by atoms with Gasteiger partial charge in [0.05, 0.1) is 6.61 Å². The average molecular weight is 317 g/mol. The van der Waals surface area contributed by atoms with Crippen LogP contribution in [0.15, 0.2) is 0 Å². The van der Waals surface area contributed by atoms with Crippen LogP contribution < -0.4 is 5.32 Å². The first-order valence-corrected chi connectivity index (χ1v) is 9.11. The van der Waals surface area contributed by atoms with Gasteiger partial charge in [0, 0.05) is 12.0 Å². The number of thioether (sulfide) groups is 1. The summed E-state index contributed by atoms with van der Waals surface area (Å²) in [6.45, 7) is 8.34. The lowest BCUT2D eigenvalue weighted by Gasteiger charge is -2.33. The van der Waals surface area contributed by atoms with E-state index in [1.54, 1.807) is 0 Å². The summed E-state index contributed by atoms with van der Waals surface area (Å²) in [5.74, 6) is 2.84. The quantitative estimate of drug-likeness (QED) is 0.640. The number of rotatable bonds is 9. The van der Waals surface area contributed by atoms with Crippen LogP contribution in [-0.4, -0.2) is 41.5 Å². The SMILES string of the molecule is CCSCCC(CO)(CNC(=O)OC(C)(C)C)CC1CC1. The van der Waals surface area contributed by atoms with Crippen LogP contribution in [0.1, 0.15) is 53.4 Å². The maximum Gasteiger partial charge on any atom is 0.407 e. The second kappa shape index (κ2) is 8.28. The van der Waals surface area contributed by atoms with Gasteiger partial charge in [0.25, 0.3) is 0 Å². The van der Waals surface area contributed by atoms with Gasteiger partial charge >= 0.3 is 6.09 Å². The smallest absolute Gasteiger partial charge is 0.407 e. The minimum Gasteiger partial charge on any atom is -0.444 e. The second-order valence-electron chi connectivity index (χ2n) is 7.11. The van der Waals surface area contributed by atoms with Crippen molar-refractivity contribution < 1.29 is 14.6 Å². The first-order valence-electron chi connectivity index (χ1n) is 7.96. The van der Waals surface area contributed by atoms with Gasteiger partial charge < -0.3 is 15.2 Å². The number of aliphatic hydroxyl groups excluding tert-OH is 1. The van der Waals surface area contributed by atoms with Gasteiger partial charge in [-0.15, -0.1) is 0 Å². The fraction of sp³-hybridized carbons (Fsp3) is 0.938. The zero-order chi connectivity index (χ0) is 15.9. The van der Waals surface area contributed by atoms with E-state index in [0.29, 0.717) is 6.54 Å². The largest absolute Gasteiger partial charge is 0.444 e. The molecule has 0 aromatic carbocycles. The van der Waals surface area contributed by atoms with Crippen molar-refractivity contribution in [2.45, 2.75) is 59.0 Å². The van der Waals surface area contributed by atoms with E-state index in [2.05, 4.69) is 12.2 Å². The molecule has 1 aliphatic rings. The fourth-order valence-electron chi connectivity index (χ4n) is 2.40. The highest BCUT2D eigenvalue weighted by Gasteiger charge is 2.37. The summed E-state index contributed by atoms with van der Waals surface area (Å²) in [5, 5.41) is 12.8. The van der Waals surface area contributed by atoms with Crippen molar-refractivity contribution in [1.29, 1.82) is 0 Å². The molecular weight excluding hydrogens is 286 g/mol. The highest BCUT2D eigenvalue weighted by atomic mass is 32.2. The summed E-state index contributed by atoms with van der Waals surface area (Å²) in [5.41, 5.74) is -0.680. The molecule has 5 heteroatoms. The maximum absolute atomic E-state index is 11.8. The van der Waals surface area contributed by atoms with Gasteiger partial charge in [0.15, 0.2) is 0 Å². The molecule has 0 saturated heterocycles. The van der Waals surface area contributed by atoms with Gasteiger partial charge in [-0.2, -0.15) is 11.8 Å². The number of nitrogens with one attached hydrogen (secondary N) is 1. The average Bonchev–Trinajstić information content (AvgIpc) is 3.18. The Morgan fingerprint density at radius 3 is 2.52 bits per heavy atom. The van der Waals surface area contributed by atoms with E-state index in [-0.39, 0.29) is 18.1 Å². The lowest BCUT2D eigenvalue weighted by Crippen LogP contribution is -2.43. The van der Waals surface area contributed by atoms with E-state index < -0.39 is 5.60 Å². The molecule has 1 rings (SSSR count). The molecule has 0 aromatic rings. The molecule has 0 heterocycles. The molecule has 1 atom stereocenters. The Balaban J connectivity index is 2.51. The lowest BCUT2D eigenvalue weighted by molar-refractivity contribution is 0.0446. The highest BCUT2D eigenvalue weighted by molar-refractivity contribution is 7.99. The topological polar surface area (TPSA) is 58.6 Å². The summed E-state index contributed by atoms with van der Waals surface area (Å²) >= 11 is 1.89. The van der Waals surface area contributed by atoms with Crippen LogP contribution in [0.4, 0.5) is 4.79 Å². The molecule has 0 aromatic heterocycles. The molecule has 0 bridgehead atoms. The number of carbonyl (C=O) groups is 1. The zero-order valence-electron chi connectivity index (χ0n) is 13.9. The van der Waals surface area contributed by atoms with Crippen LogP contribution in [0.2, 0.25) is 0 Å². The second-order valence-corrected chi connectivity index (χ2v) is 8.50. The number of carbonyl (C=O) groups excluding carboxylic acids is 1. The fourth-order valence-corrected chi connectivity index (χ4v) is 3.27. The Kier molecular flexibility index (Phi) is 7.34. The third-order valence-corrected chi connectivity index (χ3v) is 4.64. The number of alkyl carbamates (subject to hydrolysis) is 1. The third kappa shape index (κ3) is 7.96. The van der Waals surface area contributed by atoms with Crippen LogP contribution in [0.25, 0.3) is 0 Å². The van der Waals surface area contributed by atoms with Crippen LogP contribution in [0.5, 0.6) is 0 Å².